The van der Waals surface area contributed by atoms with Gasteiger partial charge in [-0.2, -0.15) is 0 Å². The zero-order valence-electron chi connectivity index (χ0n) is 29.9. The number of rotatable bonds is 7. The lowest BCUT2D eigenvalue weighted by atomic mass is 9.67. The standard InChI is InChI=1S/C51H34N4/c1-5-16-35(17-6-1)48-53-49(36-18-7-2-8-19-36)55-50(54-48)40-21-15-20-37(32-40)38-27-29-43-44-30-28-39(47-26-13-14-31-52-47)34-46(44)51(45(43)33-38,41-22-9-3-10-23-41)42-24-11-4-12-25-42/h1-34H. The summed E-state index contributed by atoms with van der Waals surface area (Å²) in [6.07, 6.45) is 1.86. The molecule has 4 nitrogen and oxygen atoms in total. The van der Waals surface area contributed by atoms with Crippen LogP contribution in [0.1, 0.15) is 22.3 Å². The zero-order valence-corrected chi connectivity index (χ0v) is 29.9. The molecule has 0 N–H and O–H groups in total. The van der Waals surface area contributed by atoms with Crippen molar-refractivity contribution in [3.8, 4) is 67.7 Å². The van der Waals surface area contributed by atoms with Gasteiger partial charge in [-0.3, -0.25) is 4.98 Å². The predicted molar refractivity (Wildman–Crippen MR) is 222 cm³/mol. The van der Waals surface area contributed by atoms with E-state index in [-0.39, 0.29) is 0 Å². The van der Waals surface area contributed by atoms with Crippen LogP contribution in [0.5, 0.6) is 0 Å². The monoisotopic (exact) mass is 702 g/mol. The summed E-state index contributed by atoms with van der Waals surface area (Å²) in [5.74, 6) is 1.92. The molecule has 9 aromatic rings. The van der Waals surface area contributed by atoms with E-state index < -0.39 is 5.41 Å². The molecule has 7 aromatic carbocycles. The van der Waals surface area contributed by atoms with E-state index in [1.807, 2.05) is 79.0 Å². The molecular weight excluding hydrogens is 669 g/mol. The molecule has 0 radical (unpaired) electrons. The number of pyridine rings is 1. The molecule has 0 spiro atoms. The van der Waals surface area contributed by atoms with Gasteiger partial charge in [0.25, 0.3) is 0 Å². The van der Waals surface area contributed by atoms with Gasteiger partial charge in [-0.1, -0.05) is 170 Å². The van der Waals surface area contributed by atoms with Gasteiger partial charge in [0.05, 0.1) is 11.1 Å². The van der Waals surface area contributed by atoms with Crippen molar-refractivity contribution in [2.45, 2.75) is 5.41 Å². The second kappa shape index (κ2) is 13.6. The fraction of sp³-hybridized carbons (Fsp3) is 0.0196. The largest absolute Gasteiger partial charge is 0.256 e. The van der Waals surface area contributed by atoms with Crippen LogP contribution in [0, 0.1) is 0 Å². The lowest BCUT2D eigenvalue weighted by molar-refractivity contribution is 0.769. The minimum Gasteiger partial charge on any atom is -0.256 e. The molecule has 0 bridgehead atoms. The minimum absolute atomic E-state index is 0.561. The van der Waals surface area contributed by atoms with Gasteiger partial charge >= 0.3 is 0 Å². The summed E-state index contributed by atoms with van der Waals surface area (Å²) in [5, 5.41) is 0. The summed E-state index contributed by atoms with van der Waals surface area (Å²) in [7, 11) is 0. The first-order valence-corrected chi connectivity index (χ1v) is 18.6. The van der Waals surface area contributed by atoms with E-state index in [2.05, 4.69) is 127 Å². The van der Waals surface area contributed by atoms with E-state index in [1.54, 1.807) is 0 Å². The molecule has 0 unspecified atom stereocenters. The van der Waals surface area contributed by atoms with Gasteiger partial charge in [0, 0.05) is 28.5 Å². The Morgan fingerprint density at radius 1 is 0.309 bits per heavy atom. The second-order valence-electron chi connectivity index (χ2n) is 13.8. The Labute approximate surface area is 320 Å². The molecule has 258 valence electrons. The van der Waals surface area contributed by atoms with Gasteiger partial charge in [-0.15, -0.1) is 0 Å². The highest BCUT2D eigenvalue weighted by molar-refractivity contribution is 5.90. The molecule has 4 heteroatoms. The van der Waals surface area contributed by atoms with Gasteiger partial charge in [0.2, 0.25) is 0 Å². The van der Waals surface area contributed by atoms with Crippen LogP contribution < -0.4 is 0 Å². The summed E-state index contributed by atoms with van der Waals surface area (Å²) >= 11 is 0. The quantitative estimate of drug-likeness (QED) is 0.166. The van der Waals surface area contributed by atoms with Crippen molar-refractivity contribution < 1.29 is 0 Å². The van der Waals surface area contributed by atoms with E-state index in [0.29, 0.717) is 17.5 Å². The summed E-state index contributed by atoms with van der Waals surface area (Å²) < 4.78 is 0. The van der Waals surface area contributed by atoms with Crippen LogP contribution in [0.2, 0.25) is 0 Å². The Balaban J connectivity index is 1.16. The van der Waals surface area contributed by atoms with Crippen molar-refractivity contribution in [2.75, 3.05) is 0 Å². The Kier molecular flexibility index (Phi) is 8.00. The van der Waals surface area contributed by atoms with E-state index in [0.717, 1.165) is 39.1 Å². The predicted octanol–water partition coefficient (Wildman–Crippen LogP) is 12.0. The number of aromatic nitrogens is 4. The Bertz CT molecular complexity index is 2690. The van der Waals surface area contributed by atoms with Crippen LogP contribution in [0.4, 0.5) is 0 Å². The molecule has 0 fully saturated rings. The van der Waals surface area contributed by atoms with Crippen molar-refractivity contribution >= 4 is 0 Å². The highest BCUT2D eigenvalue weighted by Crippen LogP contribution is 2.57. The molecular formula is C51H34N4. The van der Waals surface area contributed by atoms with Crippen molar-refractivity contribution in [2.24, 2.45) is 0 Å². The average Bonchev–Trinajstić information content (AvgIpc) is 3.57. The third-order valence-electron chi connectivity index (χ3n) is 10.7. The summed E-state index contributed by atoms with van der Waals surface area (Å²) in [6, 6.07) is 70.5. The number of hydrogen-bond donors (Lipinski definition) is 0. The van der Waals surface area contributed by atoms with Crippen LogP contribution in [0.3, 0.4) is 0 Å². The zero-order chi connectivity index (χ0) is 36.6. The maximum Gasteiger partial charge on any atom is 0.164 e. The third-order valence-corrected chi connectivity index (χ3v) is 10.7. The SMILES string of the molecule is c1ccc(-c2nc(-c3ccccc3)nc(-c3cccc(-c4ccc5c(c4)C(c4ccccc4)(c4ccccc4)c4cc(-c6ccccn6)ccc4-5)c3)n2)cc1. The number of nitrogens with zero attached hydrogens (tertiary/aromatic N) is 4. The Hall–Kier alpha value is -7.30. The fourth-order valence-electron chi connectivity index (χ4n) is 8.14. The molecule has 0 aliphatic heterocycles. The first-order chi connectivity index (χ1) is 27.3. The van der Waals surface area contributed by atoms with E-state index in [1.165, 1.54) is 33.4 Å². The summed E-state index contributed by atoms with van der Waals surface area (Å²) in [5.41, 5.74) is 13.9. The number of benzene rings is 7. The molecule has 55 heavy (non-hydrogen) atoms. The molecule has 1 aliphatic carbocycles. The maximum absolute atomic E-state index is 5.03. The second-order valence-corrected chi connectivity index (χ2v) is 13.8. The molecule has 0 saturated carbocycles. The summed E-state index contributed by atoms with van der Waals surface area (Å²) in [6.45, 7) is 0. The number of fused-ring (bicyclic) bond motifs is 3. The molecule has 0 atom stereocenters. The Morgan fingerprint density at radius 2 is 0.745 bits per heavy atom. The first-order valence-electron chi connectivity index (χ1n) is 18.6. The Morgan fingerprint density at radius 3 is 1.29 bits per heavy atom. The highest BCUT2D eigenvalue weighted by Gasteiger charge is 2.46. The third kappa shape index (κ3) is 5.63. The molecule has 0 saturated heterocycles. The lowest BCUT2D eigenvalue weighted by Gasteiger charge is -2.34. The van der Waals surface area contributed by atoms with Crippen LogP contribution >= 0.6 is 0 Å². The van der Waals surface area contributed by atoms with E-state index in [4.69, 9.17) is 19.9 Å². The highest BCUT2D eigenvalue weighted by atomic mass is 15.0. The van der Waals surface area contributed by atoms with Gasteiger partial charge < -0.3 is 0 Å². The molecule has 10 rings (SSSR count). The van der Waals surface area contributed by atoms with Gasteiger partial charge in [0.15, 0.2) is 17.5 Å². The molecule has 2 aromatic heterocycles. The maximum atomic E-state index is 5.03. The van der Waals surface area contributed by atoms with E-state index in [9.17, 15) is 0 Å². The van der Waals surface area contributed by atoms with Crippen molar-refractivity contribution in [3.05, 3.63) is 229 Å². The smallest absolute Gasteiger partial charge is 0.164 e. The number of hydrogen-bond acceptors (Lipinski definition) is 4. The van der Waals surface area contributed by atoms with Crippen LogP contribution in [0.15, 0.2) is 206 Å². The first kappa shape index (κ1) is 32.4. The summed E-state index contributed by atoms with van der Waals surface area (Å²) in [4.78, 5) is 19.7. The van der Waals surface area contributed by atoms with Crippen LogP contribution in [-0.4, -0.2) is 19.9 Å². The molecule has 0 amide bonds. The van der Waals surface area contributed by atoms with Crippen molar-refractivity contribution in [1.29, 1.82) is 0 Å². The topological polar surface area (TPSA) is 51.6 Å². The van der Waals surface area contributed by atoms with Crippen molar-refractivity contribution in [1.82, 2.24) is 19.9 Å². The normalized spacial score (nSPS) is 12.5. The molecule has 2 heterocycles. The fourth-order valence-corrected chi connectivity index (χ4v) is 8.14. The average molecular weight is 703 g/mol. The van der Waals surface area contributed by atoms with E-state index >= 15 is 0 Å². The lowest BCUT2D eigenvalue weighted by Crippen LogP contribution is -2.28. The van der Waals surface area contributed by atoms with Crippen LogP contribution in [-0.2, 0) is 5.41 Å². The minimum atomic E-state index is -0.561. The van der Waals surface area contributed by atoms with Gasteiger partial charge in [-0.25, -0.2) is 15.0 Å². The van der Waals surface area contributed by atoms with Gasteiger partial charge in [0.1, 0.15) is 0 Å². The molecule has 1 aliphatic rings. The van der Waals surface area contributed by atoms with Crippen LogP contribution in [0.25, 0.3) is 67.7 Å². The van der Waals surface area contributed by atoms with Crippen molar-refractivity contribution in [3.63, 3.8) is 0 Å². The van der Waals surface area contributed by atoms with Gasteiger partial charge in [-0.05, 0) is 74.8 Å².